The molecule has 0 radical (unpaired) electrons. The van der Waals surface area contributed by atoms with Crippen LogP contribution in [0.1, 0.15) is 0 Å². The third kappa shape index (κ3) is 0.672. The van der Waals surface area contributed by atoms with Crippen molar-refractivity contribution in [1.29, 1.82) is 0 Å². The third-order valence-electron chi connectivity index (χ3n) is 0.864. The Morgan fingerprint density at radius 1 is 1.56 bits per heavy atom. The molecular weight excluding hydrogens is 158 g/mol. The van der Waals surface area contributed by atoms with Crippen molar-refractivity contribution in [2.24, 2.45) is 0 Å². The van der Waals surface area contributed by atoms with Crippen molar-refractivity contribution in [2.75, 3.05) is 0 Å². The van der Waals surface area contributed by atoms with Crippen molar-refractivity contribution in [3.05, 3.63) is 9.67 Å². The Morgan fingerprint density at radius 2 is 2.44 bits per heavy atom. The van der Waals surface area contributed by atoms with Crippen LogP contribution >= 0.6 is 22.9 Å². The summed E-state index contributed by atoms with van der Waals surface area (Å²) in [6, 6.07) is 0. The molecule has 0 fully saturated rings. The van der Waals surface area contributed by atoms with Crippen LogP contribution in [0.4, 0.5) is 0 Å². The summed E-state index contributed by atoms with van der Waals surface area (Å²) in [6.07, 6.45) is 0. The summed E-state index contributed by atoms with van der Waals surface area (Å²) in [5.74, 6) is 0. The fraction of sp³-hybridized carbons (Fsp3) is 0. The van der Waals surface area contributed by atoms with E-state index >= 15 is 0 Å². The smallest absolute Gasteiger partial charge is 0.295 e. The lowest BCUT2D eigenvalue weighted by molar-refractivity contribution is 1.16. The minimum Gasteiger partial charge on any atom is -0.295 e. The largest absolute Gasteiger partial charge is 0.307 e. The molecule has 0 bridgehead atoms. The molecule has 46 valence electrons. The van der Waals surface area contributed by atoms with Gasteiger partial charge in [-0.2, -0.15) is 0 Å². The Bertz CT molecular complexity index is 340. The van der Waals surface area contributed by atoms with Gasteiger partial charge in [0.05, 0.1) is 0 Å². The van der Waals surface area contributed by atoms with Gasteiger partial charge in [-0.25, -0.2) is 0 Å². The van der Waals surface area contributed by atoms with Crippen molar-refractivity contribution < 1.29 is 0 Å². The van der Waals surface area contributed by atoms with Gasteiger partial charge in [0.25, 0.3) is 0 Å². The molecule has 2 aromatic rings. The summed E-state index contributed by atoms with van der Waals surface area (Å²) < 4.78 is 4.50. The molecule has 0 aliphatic carbocycles. The van der Waals surface area contributed by atoms with E-state index in [-0.39, 0.29) is 4.87 Å². The van der Waals surface area contributed by atoms with Crippen molar-refractivity contribution in [3.63, 3.8) is 0 Å². The maximum atomic E-state index is 10.6. The van der Waals surface area contributed by atoms with E-state index in [1.807, 2.05) is 0 Å². The lowest BCUT2D eigenvalue weighted by atomic mass is 10.9. The molecule has 0 spiro atoms. The van der Waals surface area contributed by atoms with Gasteiger partial charge in [-0.15, -0.1) is 5.10 Å². The number of H-pyrrole nitrogens is 1. The average Bonchev–Trinajstić information content (AvgIpc) is 2.22. The Labute approximate surface area is 57.3 Å². The van der Waals surface area contributed by atoms with Crippen molar-refractivity contribution in [2.45, 2.75) is 0 Å². The lowest BCUT2D eigenvalue weighted by Gasteiger charge is -1.60. The monoisotopic (exact) mass is 159 g/mol. The molecule has 0 aliphatic rings. The summed E-state index contributed by atoms with van der Waals surface area (Å²) in [7, 11) is 0. The molecule has 0 atom stereocenters. The highest BCUT2D eigenvalue weighted by Gasteiger charge is 2.00. The Balaban J connectivity index is 3.08. The number of rotatable bonds is 0. The summed E-state index contributed by atoms with van der Waals surface area (Å²) in [6.45, 7) is 0. The quantitative estimate of drug-likeness (QED) is 0.606. The van der Waals surface area contributed by atoms with E-state index in [2.05, 4.69) is 14.6 Å². The summed E-state index contributed by atoms with van der Waals surface area (Å²) >= 11 is 2.38. The standard InChI is InChI=1S/C3HN3OS2/c7-3-4-1-2(8-3)9-6-5-1/h(H,4,7). The minimum absolute atomic E-state index is 0.0637. The first-order valence-corrected chi connectivity index (χ1v) is 3.76. The third-order valence-corrected chi connectivity index (χ3v) is 2.53. The second-order valence-corrected chi connectivity index (χ2v) is 3.42. The maximum Gasteiger partial charge on any atom is 0.307 e. The molecule has 2 aromatic heterocycles. The van der Waals surface area contributed by atoms with Crippen molar-refractivity contribution >= 4 is 32.5 Å². The summed E-state index contributed by atoms with van der Waals surface area (Å²) in [5.41, 5.74) is 0.606. The molecule has 9 heavy (non-hydrogen) atoms. The van der Waals surface area contributed by atoms with Gasteiger partial charge in [0.2, 0.25) is 0 Å². The highest BCUT2D eigenvalue weighted by Crippen LogP contribution is 2.13. The van der Waals surface area contributed by atoms with Crippen LogP contribution in [0.2, 0.25) is 0 Å². The zero-order chi connectivity index (χ0) is 6.27. The van der Waals surface area contributed by atoms with Crippen molar-refractivity contribution in [3.8, 4) is 0 Å². The average molecular weight is 159 g/mol. The van der Waals surface area contributed by atoms with E-state index in [0.717, 1.165) is 15.4 Å². The van der Waals surface area contributed by atoms with Gasteiger partial charge in [-0.3, -0.25) is 9.78 Å². The van der Waals surface area contributed by atoms with E-state index in [4.69, 9.17) is 0 Å². The van der Waals surface area contributed by atoms with Crippen LogP contribution in [0.3, 0.4) is 0 Å². The van der Waals surface area contributed by atoms with Crippen LogP contribution in [0.15, 0.2) is 4.79 Å². The van der Waals surface area contributed by atoms with Crippen LogP contribution in [0.25, 0.3) is 9.66 Å². The molecular formula is C3HN3OS2. The van der Waals surface area contributed by atoms with Gasteiger partial charge >= 0.3 is 4.87 Å². The maximum absolute atomic E-state index is 10.6. The molecule has 1 N–H and O–H groups in total. The van der Waals surface area contributed by atoms with E-state index in [0.29, 0.717) is 5.65 Å². The summed E-state index contributed by atoms with van der Waals surface area (Å²) in [5, 5.41) is 3.66. The number of nitrogens with zero attached hydrogens (tertiary/aromatic N) is 2. The molecule has 0 saturated heterocycles. The van der Waals surface area contributed by atoms with Crippen LogP contribution in [0.5, 0.6) is 0 Å². The number of hydrogen-bond acceptors (Lipinski definition) is 5. The predicted octanol–water partition coefficient (Wildman–Crippen LogP) is 0.441. The summed E-state index contributed by atoms with van der Waals surface area (Å²) in [4.78, 5) is 13.0. The fourth-order valence-electron chi connectivity index (χ4n) is 0.532. The molecule has 0 amide bonds. The normalized spacial score (nSPS) is 10.7. The number of aromatic amines is 1. The molecule has 6 heteroatoms. The second-order valence-electron chi connectivity index (χ2n) is 1.42. The Hall–Kier alpha value is -0.750. The topological polar surface area (TPSA) is 58.6 Å². The van der Waals surface area contributed by atoms with E-state index in [1.54, 1.807) is 0 Å². The van der Waals surface area contributed by atoms with Crippen LogP contribution in [-0.4, -0.2) is 14.6 Å². The Kier molecular flexibility index (Phi) is 0.908. The number of aromatic nitrogens is 3. The molecule has 2 rings (SSSR count). The molecule has 2 heterocycles. The number of thiazole rings is 1. The fourth-order valence-corrected chi connectivity index (χ4v) is 1.89. The number of nitrogens with one attached hydrogen (secondary N) is 1. The lowest BCUT2D eigenvalue weighted by Crippen LogP contribution is -1.90. The van der Waals surface area contributed by atoms with Crippen LogP contribution in [0, 0.1) is 0 Å². The first kappa shape index (κ1) is 5.07. The van der Waals surface area contributed by atoms with E-state index < -0.39 is 0 Å². The zero-order valence-electron chi connectivity index (χ0n) is 4.12. The van der Waals surface area contributed by atoms with Crippen molar-refractivity contribution in [1.82, 2.24) is 14.6 Å². The van der Waals surface area contributed by atoms with Gasteiger partial charge in [0, 0.05) is 11.5 Å². The van der Waals surface area contributed by atoms with Gasteiger partial charge in [-0.05, 0) is 0 Å². The zero-order valence-corrected chi connectivity index (χ0v) is 5.75. The van der Waals surface area contributed by atoms with Crippen LogP contribution < -0.4 is 4.87 Å². The van der Waals surface area contributed by atoms with E-state index in [1.165, 1.54) is 11.5 Å². The SMILES string of the molecule is O=c1[nH]c2nnsc2s1. The van der Waals surface area contributed by atoms with Gasteiger partial charge < -0.3 is 0 Å². The van der Waals surface area contributed by atoms with Gasteiger partial charge in [0.1, 0.15) is 0 Å². The molecule has 0 aromatic carbocycles. The highest BCUT2D eigenvalue weighted by atomic mass is 32.2. The number of hydrogen-bond donors (Lipinski definition) is 1. The molecule has 4 nitrogen and oxygen atoms in total. The van der Waals surface area contributed by atoms with Gasteiger partial charge in [0.15, 0.2) is 9.66 Å². The van der Waals surface area contributed by atoms with E-state index in [9.17, 15) is 4.79 Å². The Morgan fingerprint density at radius 3 is 3.22 bits per heavy atom. The molecule has 0 saturated carbocycles. The first-order valence-electron chi connectivity index (χ1n) is 2.17. The molecule has 0 unspecified atom stereocenters. The minimum atomic E-state index is -0.0637. The highest BCUT2D eigenvalue weighted by molar-refractivity contribution is 7.34. The van der Waals surface area contributed by atoms with Gasteiger partial charge in [-0.1, -0.05) is 15.8 Å². The number of fused-ring (bicyclic) bond motifs is 1. The molecule has 0 aliphatic heterocycles. The second kappa shape index (κ2) is 1.61. The first-order chi connectivity index (χ1) is 4.36. The van der Waals surface area contributed by atoms with Crippen LogP contribution in [-0.2, 0) is 0 Å². The predicted molar refractivity (Wildman–Crippen MR) is 35.9 cm³/mol.